The van der Waals surface area contributed by atoms with Gasteiger partial charge in [0, 0.05) is 17.6 Å². The Balaban J connectivity index is 2.00. The lowest BCUT2D eigenvalue weighted by Crippen LogP contribution is -2.13. The Morgan fingerprint density at radius 3 is 2.61 bits per heavy atom. The van der Waals surface area contributed by atoms with Crippen LogP contribution < -0.4 is 5.32 Å². The van der Waals surface area contributed by atoms with Crippen molar-refractivity contribution in [3.05, 3.63) is 46.4 Å². The highest BCUT2D eigenvalue weighted by molar-refractivity contribution is 7.07. The molecular weight excluding hydrogens is 246 g/mol. The van der Waals surface area contributed by atoms with Crippen molar-refractivity contribution in [3.63, 3.8) is 0 Å². The number of carbonyl (C=O) groups excluding carboxylic acids is 1. The maximum atomic E-state index is 11.8. The predicted molar refractivity (Wildman–Crippen MR) is 73.9 cm³/mol. The van der Waals surface area contributed by atoms with Gasteiger partial charge in [0.2, 0.25) is 0 Å². The Kier molecular flexibility index (Phi) is 4.07. The average molecular weight is 261 g/mol. The van der Waals surface area contributed by atoms with Gasteiger partial charge in [-0.3, -0.25) is 4.79 Å². The number of hydrogen-bond acceptors (Lipinski definition) is 4. The lowest BCUT2D eigenvalue weighted by molar-refractivity contribution is 0.102. The number of nitrogens with zero attached hydrogens (tertiary/aromatic N) is 2. The third kappa shape index (κ3) is 3.38. The molecule has 0 fully saturated rings. The highest BCUT2D eigenvalue weighted by Crippen LogP contribution is 2.12. The maximum absolute atomic E-state index is 11.8. The summed E-state index contributed by atoms with van der Waals surface area (Å²) >= 11 is 1.41. The zero-order valence-corrected chi connectivity index (χ0v) is 11.2. The number of carbonyl (C=O) groups is 1. The van der Waals surface area contributed by atoms with Crippen LogP contribution >= 0.6 is 11.3 Å². The van der Waals surface area contributed by atoms with Gasteiger partial charge in [-0.15, -0.1) is 11.3 Å². The van der Waals surface area contributed by atoms with E-state index >= 15 is 0 Å². The minimum Gasteiger partial charge on any atom is -0.321 e. The first-order chi connectivity index (χ1) is 8.65. The van der Waals surface area contributed by atoms with Crippen molar-refractivity contribution in [1.29, 1.82) is 0 Å². The molecule has 0 aliphatic carbocycles. The van der Waals surface area contributed by atoms with Crippen molar-refractivity contribution in [1.82, 2.24) is 9.88 Å². The van der Waals surface area contributed by atoms with E-state index < -0.39 is 0 Å². The van der Waals surface area contributed by atoms with Crippen molar-refractivity contribution in [3.8, 4) is 0 Å². The molecule has 0 saturated heterocycles. The molecule has 0 aliphatic rings. The van der Waals surface area contributed by atoms with Gasteiger partial charge < -0.3 is 10.2 Å². The molecule has 0 unspecified atom stereocenters. The Bertz CT molecular complexity index is 506. The van der Waals surface area contributed by atoms with Gasteiger partial charge in [-0.2, -0.15) is 0 Å². The SMILES string of the molecule is CN(C)Cc1ccc(NC(=O)c2cscn2)cc1. The molecule has 1 aromatic carbocycles. The van der Waals surface area contributed by atoms with Crippen LogP contribution in [-0.2, 0) is 6.54 Å². The summed E-state index contributed by atoms with van der Waals surface area (Å²) in [6, 6.07) is 7.83. The molecule has 0 saturated carbocycles. The quantitative estimate of drug-likeness (QED) is 0.919. The third-order valence-corrected chi connectivity index (χ3v) is 2.96. The molecule has 0 aliphatic heterocycles. The maximum Gasteiger partial charge on any atom is 0.275 e. The number of hydrogen-bond donors (Lipinski definition) is 1. The Hall–Kier alpha value is -1.72. The second kappa shape index (κ2) is 5.75. The van der Waals surface area contributed by atoms with Crippen LogP contribution in [0.3, 0.4) is 0 Å². The van der Waals surface area contributed by atoms with Crippen LogP contribution in [0.15, 0.2) is 35.2 Å². The summed E-state index contributed by atoms with van der Waals surface area (Å²) in [5.41, 5.74) is 4.11. The predicted octanol–water partition coefficient (Wildman–Crippen LogP) is 2.46. The van der Waals surface area contributed by atoms with Gasteiger partial charge in [0.25, 0.3) is 5.91 Å². The van der Waals surface area contributed by atoms with Gasteiger partial charge in [-0.1, -0.05) is 12.1 Å². The van der Waals surface area contributed by atoms with E-state index in [0.717, 1.165) is 12.2 Å². The molecule has 1 heterocycles. The van der Waals surface area contributed by atoms with Crippen molar-refractivity contribution in [2.45, 2.75) is 6.54 Å². The molecule has 0 radical (unpaired) electrons. The van der Waals surface area contributed by atoms with Crippen molar-refractivity contribution < 1.29 is 4.79 Å². The van der Waals surface area contributed by atoms with Crippen LogP contribution in [0.25, 0.3) is 0 Å². The average Bonchev–Trinajstić information content (AvgIpc) is 2.84. The van der Waals surface area contributed by atoms with E-state index in [1.54, 1.807) is 10.9 Å². The molecule has 4 nitrogen and oxygen atoms in total. The minimum atomic E-state index is -0.170. The number of aromatic nitrogens is 1. The molecule has 1 amide bonds. The van der Waals surface area contributed by atoms with Crippen LogP contribution in [0.4, 0.5) is 5.69 Å². The molecule has 18 heavy (non-hydrogen) atoms. The second-order valence-corrected chi connectivity index (χ2v) is 4.98. The Morgan fingerprint density at radius 1 is 1.33 bits per heavy atom. The fourth-order valence-corrected chi connectivity index (χ4v) is 2.11. The first kappa shape index (κ1) is 12.7. The third-order valence-electron chi connectivity index (χ3n) is 2.38. The summed E-state index contributed by atoms with van der Waals surface area (Å²) in [6.07, 6.45) is 0. The van der Waals surface area contributed by atoms with E-state index in [9.17, 15) is 4.79 Å². The zero-order valence-electron chi connectivity index (χ0n) is 10.4. The number of rotatable bonds is 4. The molecular formula is C13H15N3OS. The van der Waals surface area contributed by atoms with Crippen LogP contribution in [0.5, 0.6) is 0 Å². The van der Waals surface area contributed by atoms with Crippen LogP contribution in [0, 0.1) is 0 Å². The summed E-state index contributed by atoms with van der Waals surface area (Å²) in [5, 5.41) is 4.55. The van der Waals surface area contributed by atoms with E-state index in [-0.39, 0.29) is 5.91 Å². The summed E-state index contributed by atoms with van der Waals surface area (Å²) in [4.78, 5) is 17.8. The van der Waals surface area contributed by atoms with Crippen molar-refractivity contribution >= 4 is 22.9 Å². The first-order valence-electron chi connectivity index (χ1n) is 5.58. The number of thiazole rings is 1. The summed E-state index contributed by atoms with van der Waals surface area (Å²) < 4.78 is 0. The topological polar surface area (TPSA) is 45.2 Å². The number of benzene rings is 1. The smallest absolute Gasteiger partial charge is 0.275 e. The molecule has 0 spiro atoms. The molecule has 2 aromatic rings. The fraction of sp³-hybridized carbons (Fsp3) is 0.231. The van der Waals surface area contributed by atoms with Gasteiger partial charge in [0.15, 0.2) is 0 Å². The first-order valence-corrected chi connectivity index (χ1v) is 6.52. The van der Waals surface area contributed by atoms with Crippen molar-refractivity contribution in [2.75, 3.05) is 19.4 Å². The van der Waals surface area contributed by atoms with E-state index in [4.69, 9.17) is 0 Å². The number of amides is 1. The van der Waals surface area contributed by atoms with Crippen LogP contribution in [0.2, 0.25) is 0 Å². The highest BCUT2D eigenvalue weighted by Gasteiger charge is 2.07. The summed E-state index contributed by atoms with van der Waals surface area (Å²) in [7, 11) is 4.05. The van der Waals surface area contributed by atoms with Gasteiger partial charge in [0.1, 0.15) is 5.69 Å². The largest absolute Gasteiger partial charge is 0.321 e. The monoisotopic (exact) mass is 261 g/mol. The van der Waals surface area contributed by atoms with Crippen LogP contribution in [0.1, 0.15) is 16.1 Å². The highest BCUT2D eigenvalue weighted by atomic mass is 32.1. The molecule has 1 aromatic heterocycles. The van der Waals surface area contributed by atoms with E-state index in [1.807, 2.05) is 38.4 Å². The van der Waals surface area contributed by atoms with E-state index in [1.165, 1.54) is 16.9 Å². The lowest BCUT2D eigenvalue weighted by atomic mass is 10.2. The van der Waals surface area contributed by atoms with Crippen LogP contribution in [-0.4, -0.2) is 29.9 Å². The Morgan fingerprint density at radius 2 is 2.06 bits per heavy atom. The lowest BCUT2D eigenvalue weighted by Gasteiger charge is -2.10. The molecule has 2 rings (SSSR count). The Labute approximate surface area is 110 Å². The molecule has 94 valence electrons. The van der Waals surface area contributed by atoms with Gasteiger partial charge in [0.05, 0.1) is 5.51 Å². The van der Waals surface area contributed by atoms with Gasteiger partial charge >= 0.3 is 0 Å². The van der Waals surface area contributed by atoms with E-state index in [2.05, 4.69) is 15.2 Å². The molecule has 0 bridgehead atoms. The fourth-order valence-electron chi connectivity index (χ4n) is 1.58. The number of nitrogens with one attached hydrogen (secondary N) is 1. The summed E-state index contributed by atoms with van der Waals surface area (Å²) in [5.74, 6) is -0.170. The standard InChI is InChI=1S/C13H15N3OS/c1-16(2)7-10-3-5-11(6-4-10)15-13(17)12-8-18-9-14-12/h3-6,8-9H,7H2,1-2H3,(H,15,17). The van der Waals surface area contributed by atoms with Gasteiger partial charge in [-0.05, 0) is 31.8 Å². The van der Waals surface area contributed by atoms with Gasteiger partial charge in [-0.25, -0.2) is 4.98 Å². The minimum absolute atomic E-state index is 0.170. The summed E-state index contributed by atoms with van der Waals surface area (Å²) in [6.45, 7) is 0.889. The second-order valence-electron chi connectivity index (χ2n) is 4.26. The molecule has 5 heteroatoms. The molecule has 1 N–H and O–H groups in total. The van der Waals surface area contributed by atoms with Crippen molar-refractivity contribution in [2.24, 2.45) is 0 Å². The molecule has 0 atom stereocenters. The zero-order chi connectivity index (χ0) is 13.0. The van der Waals surface area contributed by atoms with E-state index in [0.29, 0.717) is 5.69 Å². The normalized spacial score (nSPS) is 10.6. The number of anilines is 1.